The number of aliphatic hydroxyl groups is 1. The van der Waals surface area contributed by atoms with Crippen LogP contribution in [0, 0.1) is 0 Å². The molecule has 0 saturated carbocycles. The van der Waals surface area contributed by atoms with E-state index >= 15 is 0 Å². The first-order valence-electron chi connectivity index (χ1n) is 5.23. The summed E-state index contributed by atoms with van der Waals surface area (Å²) in [5.74, 6) is -0.246. The number of hydrogen-bond donors (Lipinski definition) is 3. The second-order valence-electron chi connectivity index (χ2n) is 4.08. The van der Waals surface area contributed by atoms with Crippen molar-refractivity contribution >= 4 is 5.91 Å². The largest absolute Gasteiger partial charge is 0.508 e. The molecular weight excluding hydrogens is 206 g/mol. The Hall–Kier alpha value is -1.55. The minimum Gasteiger partial charge on any atom is -0.508 e. The number of rotatable bonds is 4. The van der Waals surface area contributed by atoms with Gasteiger partial charge in [-0.1, -0.05) is 13.0 Å². The molecule has 1 amide bonds. The van der Waals surface area contributed by atoms with Crippen molar-refractivity contribution in [3.05, 3.63) is 29.8 Å². The Morgan fingerprint density at radius 3 is 2.69 bits per heavy atom. The van der Waals surface area contributed by atoms with Crippen LogP contribution in [0.15, 0.2) is 24.3 Å². The number of amides is 1. The van der Waals surface area contributed by atoms with E-state index in [2.05, 4.69) is 5.32 Å². The van der Waals surface area contributed by atoms with Gasteiger partial charge in [-0.15, -0.1) is 0 Å². The lowest BCUT2D eigenvalue weighted by atomic mass is 9.99. The van der Waals surface area contributed by atoms with Crippen LogP contribution in [0.4, 0.5) is 0 Å². The van der Waals surface area contributed by atoms with E-state index in [1.165, 1.54) is 12.1 Å². The molecule has 0 aliphatic rings. The third kappa shape index (κ3) is 2.97. The Bertz CT molecular complexity index is 372. The second kappa shape index (κ2) is 4.99. The molecule has 0 radical (unpaired) electrons. The van der Waals surface area contributed by atoms with Crippen molar-refractivity contribution in [3.63, 3.8) is 0 Å². The van der Waals surface area contributed by atoms with Gasteiger partial charge in [0.2, 0.25) is 0 Å². The van der Waals surface area contributed by atoms with Crippen LogP contribution >= 0.6 is 0 Å². The summed E-state index contributed by atoms with van der Waals surface area (Å²) >= 11 is 0. The predicted octanol–water partition coefficient (Wildman–Crippen LogP) is 1.28. The summed E-state index contributed by atoms with van der Waals surface area (Å²) in [7, 11) is 0. The number of phenols is 1. The third-order valence-electron chi connectivity index (χ3n) is 2.65. The number of aromatic hydroxyl groups is 1. The molecule has 0 heterocycles. The summed E-state index contributed by atoms with van der Waals surface area (Å²) in [6, 6.07) is 6.11. The van der Waals surface area contributed by atoms with Gasteiger partial charge < -0.3 is 15.5 Å². The van der Waals surface area contributed by atoms with E-state index in [9.17, 15) is 15.0 Å². The van der Waals surface area contributed by atoms with Crippen molar-refractivity contribution in [2.24, 2.45) is 0 Å². The van der Waals surface area contributed by atoms with Crippen molar-refractivity contribution in [2.75, 3.05) is 6.61 Å². The molecule has 1 unspecified atom stereocenters. The highest BCUT2D eigenvalue weighted by atomic mass is 16.3. The van der Waals surface area contributed by atoms with Crippen molar-refractivity contribution in [3.8, 4) is 5.75 Å². The zero-order valence-electron chi connectivity index (χ0n) is 9.53. The SMILES string of the molecule is CCC(C)(CO)NC(=O)c1cccc(O)c1. The van der Waals surface area contributed by atoms with E-state index in [-0.39, 0.29) is 18.3 Å². The zero-order chi connectivity index (χ0) is 12.2. The minimum absolute atomic E-state index is 0.0508. The predicted molar refractivity (Wildman–Crippen MR) is 61.4 cm³/mol. The van der Waals surface area contributed by atoms with Crippen molar-refractivity contribution in [2.45, 2.75) is 25.8 Å². The molecule has 0 aromatic heterocycles. The number of aliphatic hydroxyl groups excluding tert-OH is 1. The maximum atomic E-state index is 11.8. The van der Waals surface area contributed by atoms with Crippen LogP contribution in [0.3, 0.4) is 0 Å². The number of nitrogens with one attached hydrogen (secondary N) is 1. The molecule has 88 valence electrons. The number of carbonyl (C=O) groups excluding carboxylic acids is 1. The van der Waals surface area contributed by atoms with Gasteiger partial charge in [0.1, 0.15) is 5.75 Å². The van der Waals surface area contributed by atoms with Gasteiger partial charge in [-0.3, -0.25) is 4.79 Å². The van der Waals surface area contributed by atoms with Gasteiger partial charge in [0.25, 0.3) is 5.91 Å². The van der Waals surface area contributed by atoms with Crippen LogP contribution in [0.1, 0.15) is 30.6 Å². The normalized spacial score (nSPS) is 14.2. The average Bonchev–Trinajstić information content (AvgIpc) is 2.29. The van der Waals surface area contributed by atoms with E-state index in [0.29, 0.717) is 12.0 Å². The van der Waals surface area contributed by atoms with E-state index in [0.717, 1.165) is 0 Å². The molecule has 4 nitrogen and oxygen atoms in total. The summed E-state index contributed by atoms with van der Waals surface area (Å²) < 4.78 is 0. The molecule has 3 N–H and O–H groups in total. The van der Waals surface area contributed by atoms with E-state index < -0.39 is 5.54 Å². The van der Waals surface area contributed by atoms with Crippen molar-refractivity contribution < 1.29 is 15.0 Å². The lowest BCUT2D eigenvalue weighted by Gasteiger charge is -2.27. The summed E-state index contributed by atoms with van der Waals surface area (Å²) in [4.78, 5) is 11.8. The van der Waals surface area contributed by atoms with E-state index in [1.54, 1.807) is 19.1 Å². The fourth-order valence-corrected chi connectivity index (χ4v) is 1.23. The Balaban J connectivity index is 2.80. The van der Waals surface area contributed by atoms with Crippen molar-refractivity contribution in [1.82, 2.24) is 5.32 Å². The topological polar surface area (TPSA) is 69.6 Å². The smallest absolute Gasteiger partial charge is 0.251 e. The van der Waals surface area contributed by atoms with Gasteiger partial charge in [0.15, 0.2) is 0 Å². The van der Waals surface area contributed by atoms with Gasteiger partial charge in [0.05, 0.1) is 12.1 Å². The summed E-state index contributed by atoms with van der Waals surface area (Å²) in [5.41, 5.74) is -0.240. The molecule has 1 aromatic carbocycles. The van der Waals surface area contributed by atoms with Crippen LogP contribution < -0.4 is 5.32 Å². The first-order valence-corrected chi connectivity index (χ1v) is 5.23. The molecule has 1 atom stereocenters. The van der Waals surface area contributed by atoms with Gasteiger partial charge in [-0.2, -0.15) is 0 Å². The minimum atomic E-state index is -0.622. The summed E-state index contributed by atoms with van der Waals surface area (Å²) in [6.45, 7) is 3.54. The Kier molecular flexibility index (Phi) is 3.90. The van der Waals surface area contributed by atoms with Crippen LogP contribution in [0.25, 0.3) is 0 Å². The van der Waals surface area contributed by atoms with Crippen LogP contribution in [0.5, 0.6) is 5.75 Å². The van der Waals surface area contributed by atoms with Crippen molar-refractivity contribution in [1.29, 1.82) is 0 Å². The number of carbonyl (C=O) groups is 1. The highest BCUT2D eigenvalue weighted by molar-refractivity contribution is 5.95. The summed E-state index contributed by atoms with van der Waals surface area (Å²) in [6.07, 6.45) is 0.633. The van der Waals surface area contributed by atoms with Crippen LogP contribution in [-0.4, -0.2) is 28.3 Å². The van der Waals surface area contributed by atoms with Crippen LogP contribution in [0.2, 0.25) is 0 Å². The monoisotopic (exact) mass is 223 g/mol. The molecule has 0 bridgehead atoms. The second-order valence-corrected chi connectivity index (χ2v) is 4.08. The van der Waals surface area contributed by atoms with E-state index in [1.807, 2.05) is 6.92 Å². The third-order valence-corrected chi connectivity index (χ3v) is 2.65. The van der Waals surface area contributed by atoms with E-state index in [4.69, 9.17) is 0 Å². The first kappa shape index (κ1) is 12.5. The molecule has 4 heteroatoms. The van der Waals surface area contributed by atoms with Gasteiger partial charge in [-0.25, -0.2) is 0 Å². The Labute approximate surface area is 94.9 Å². The lowest BCUT2D eigenvalue weighted by Crippen LogP contribution is -2.48. The quantitative estimate of drug-likeness (QED) is 0.720. The highest BCUT2D eigenvalue weighted by Crippen LogP contribution is 2.13. The lowest BCUT2D eigenvalue weighted by molar-refractivity contribution is 0.0847. The molecule has 0 aliphatic carbocycles. The fourth-order valence-electron chi connectivity index (χ4n) is 1.23. The fraction of sp³-hybridized carbons (Fsp3) is 0.417. The Morgan fingerprint density at radius 1 is 1.50 bits per heavy atom. The average molecular weight is 223 g/mol. The molecular formula is C12H17NO3. The van der Waals surface area contributed by atoms with Gasteiger partial charge in [-0.05, 0) is 31.5 Å². The maximum Gasteiger partial charge on any atom is 0.251 e. The maximum absolute atomic E-state index is 11.8. The molecule has 0 saturated heterocycles. The van der Waals surface area contributed by atoms with Crippen LogP contribution in [-0.2, 0) is 0 Å². The molecule has 16 heavy (non-hydrogen) atoms. The van der Waals surface area contributed by atoms with Gasteiger partial charge >= 0.3 is 0 Å². The zero-order valence-corrected chi connectivity index (χ0v) is 9.53. The number of hydrogen-bond acceptors (Lipinski definition) is 3. The standard InChI is InChI=1S/C12H17NO3/c1-3-12(2,8-14)13-11(16)9-5-4-6-10(15)7-9/h4-7,14-15H,3,8H2,1-2H3,(H,13,16). The molecule has 0 spiro atoms. The molecule has 0 aliphatic heterocycles. The molecule has 0 fully saturated rings. The molecule has 1 aromatic rings. The highest BCUT2D eigenvalue weighted by Gasteiger charge is 2.23. The summed E-state index contributed by atoms with van der Waals surface area (Å²) in [5, 5.41) is 21.2. The van der Waals surface area contributed by atoms with Gasteiger partial charge in [0, 0.05) is 5.56 Å². The number of benzene rings is 1. The molecule has 1 rings (SSSR count). The number of phenolic OH excluding ortho intramolecular Hbond substituents is 1. The first-order chi connectivity index (χ1) is 7.50. The Morgan fingerprint density at radius 2 is 2.19 bits per heavy atom.